The van der Waals surface area contributed by atoms with E-state index < -0.39 is 0 Å². The molecule has 2 rings (SSSR count). The third-order valence-corrected chi connectivity index (χ3v) is 4.25. The predicted octanol–water partition coefficient (Wildman–Crippen LogP) is 1.47. The lowest BCUT2D eigenvalue weighted by atomic mass is 10.0. The van der Waals surface area contributed by atoms with Crippen LogP contribution in [0.3, 0.4) is 0 Å². The molecule has 0 saturated carbocycles. The molecule has 2 saturated heterocycles. The van der Waals surface area contributed by atoms with Crippen LogP contribution in [0.5, 0.6) is 0 Å². The fourth-order valence-electron chi connectivity index (χ4n) is 2.75. The van der Waals surface area contributed by atoms with Gasteiger partial charge in [-0.2, -0.15) is 27.0 Å². The standard InChI is InChI=1S/C8H18N2.C7H16N2.2H2S/c1-7(2)10-5-4-8(3,9)6-10;1-6(2)9-4-3-7(8)5-9;;/h7H,4-6,9H2,1-3H3;6-7H,3-5,8H2,1-2H3;2*1H2/t8-;7-;;/m00../s1. The van der Waals surface area contributed by atoms with Crippen LogP contribution in [0.4, 0.5) is 0 Å². The highest BCUT2D eigenvalue weighted by atomic mass is 32.1. The average molecular weight is 339 g/mol. The molecule has 2 fully saturated rings. The molecule has 0 aliphatic carbocycles. The summed E-state index contributed by atoms with van der Waals surface area (Å²) in [5.74, 6) is 0. The molecule has 2 aliphatic rings. The van der Waals surface area contributed by atoms with E-state index in [1.165, 1.54) is 19.5 Å². The Kier molecular flexibility index (Phi) is 11.7. The van der Waals surface area contributed by atoms with E-state index >= 15 is 0 Å². The Labute approximate surface area is 145 Å². The lowest BCUT2D eigenvalue weighted by Gasteiger charge is -2.22. The van der Waals surface area contributed by atoms with Gasteiger partial charge in [-0.3, -0.25) is 9.80 Å². The van der Waals surface area contributed by atoms with Crippen LogP contribution in [0.1, 0.15) is 47.5 Å². The van der Waals surface area contributed by atoms with Gasteiger partial charge in [-0.15, -0.1) is 0 Å². The highest BCUT2D eigenvalue weighted by Gasteiger charge is 2.30. The van der Waals surface area contributed by atoms with E-state index in [2.05, 4.69) is 44.4 Å². The molecule has 0 spiro atoms. The molecular weight excluding hydrogens is 300 g/mol. The molecule has 2 atom stereocenters. The molecule has 0 unspecified atom stereocenters. The van der Waals surface area contributed by atoms with Crippen LogP contribution < -0.4 is 11.5 Å². The minimum absolute atomic E-state index is 0. The zero-order valence-corrected chi connectivity index (χ0v) is 16.5. The number of hydrogen-bond donors (Lipinski definition) is 2. The van der Waals surface area contributed by atoms with Crippen molar-refractivity contribution in [1.82, 2.24) is 9.80 Å². The van der Waals surface area contributed by atoms with Crippen molar-refractivity contribution < 1.29 is 0 Å². The summed E-state index contributed by atoms with van der Waals surface area (Å²) in [4.78, 5) is 4.85. The molecule has 130 valence electrons. The average Bonchev–Trinajstić information content (AvgIpc) is 2.85. The highest BCUT2D eigenvalue weighted by molar-refractivity contribution is 7.59. The summed E-state index contributed by atoms with van der Waals surface area (Å²) in [5.41, 5.74) is 11.8. The third-order valence-electron chi connectivity index (χ3n) is 4.25. The molecular formula is C15H38N4S2. The minimum atomic E-state index is 0. The summed E-state index contributed by atoms with van der Waals surface area (Å²) >= 11 is 0. The maximum atomic E-state index is 5.96. The molecule has 0 amide bonds. The Bertz CT molecular complexity index is 272. The monoisotopic (exact) mass is 338 g/mol. The van der Waals surface area contributed by atoms with Crippen LogP contribution in [-0.4, -0.2) is 59.6 Å². The first-order valence-corrected chi connectivity index (χ1v) is 7.74. The molecule has 6 heteroatoms. The van der Waals surface area contributed by atoms with Crippen LogP contribution in [0, 0.1) is 0 Å². The second kappa shape index (κ2) is 10.3. The number of rotatable bonds is 2. The Balaban J connectivity index is 0. The van der Waals surface area contributed by atoms with Crippen molar-refractivity contribution in [3.05, 3.63) is 0 Å². The Morgan fingerprint density at radius 1 is 1.00 bits per heavy atom. The predicted molar refractivity (Wildman–Crippen MR) is 104 cm³/mol. The minimum Gasteiger partial charge on any atom is -0.326 e. The third kappa shape index (κ3) is 8.67. The maximum Gasteiger partial charge on any atom is 0.0267 e. The summed E-state index contributed by atoms with van der Waals surface area (Å²) < 4.78 is 0. The summed E-state index contributed by atoms with van der Waals surface area (Å²) in [6.45, 7) is 15.5. The zero-order valence-electron chi connectivity index (χ0n) is 14.5. The van der Waals surface area contributed by atoms with Gasteiger partial charge >= 0.3 is 0 Å². The van der Waals surface area contributed by atoms with Gasteiger partial charge < -0.3 is 11.5 Å². The number of hydrogen-bond acceptors (Lipinski definition) is 4. The van der Waals surface area contributed by atoms with Gasteiger partial charge in [0.05, 0.1) is 0 Å². The largest absolute Gasteiger partial charge is 0.326 e. The van der Waals surface area contributed by atoms with Crippen molar-refractivity contribution in [3.63, 3.8) is 0 Å². The number of nitrogens with two attached hydrogens (primary N) is 2. The van der Waals surface area contributed by atoms with Crippen molar-refractivity contribution in [2.24, 2.45) is 11.5 Å². The van der Waals surface area contributed by atoms with Crippen LogP contribution in [0.15, 0.2) is 0 Å². The number of likely N-dealkylation sites (tertiary alicyclic amines) is 2. The lowest BCUT2D eigenvalue weighted by Crippen LogP contribution is -2.40. The summed E-state index contributed by atoms with van der Waals surface area (Å²) in [7, 11) is 0. The first-order valence-electron chi connectivity index (χ1n) is 7.74. The molecule has 0 aromatic heterocycles. The van der Waals surface area contributed by atoms with Crippen LogP contribution >= 0.6 is 27.0 Å². The molecule has 2 aliphatic heterocycles. The first-order chi connectivity index (χ1) is 8.71. The quantitative estimate of drug-likeness (QED) is 0.800. The fraction of sp³-hybridized carbons (Fsp3) is 1.00. The first kappa shape index (κ1) is 23.8. The fourth-order valence-corrected chi connectivity index (χ4v) is 2.75. The summed E-state index contributed by atoms with van der Waals surface area (Å²) in [6, 6.07) is 1.77. The maximum absolute atomic E-state index is 5.96. The molecule has 4 nitrogen and oxygen atoms in total. The molecule has 0 aromatic rings. The van der Waals surface area contributed by atoms with E-state index in [1.807, 2.05) is 0 Å². The van der Waals surface area contributed by atoms with Gasteiger partial charge in [0.2, 0.25) is 0 Å². The van der Waals surface area contributed by atoms with Crippen molar-refractivity contribution >= 4 is 27.0 Å². The Hall–Kier alpha value is 0.540. The van der Waals surface area contributed by atoms with Gasteiger partial charge in [0.25, 0.3) is 0 Å². The molecule has 4 N–H and O–H groups in total. The van der Waals surface area contributed by atoms with E-state index in [0.717, 1.165) is 19.5 Å². The molecule has 0 radical (unpaired) electrons. The Morgan fingerprint density at radius 3 is 1.71 bits per heavy atom. The normalized spacial score (nSPS) is 29.9. The summed E-state index contributed by atoms with van der Waals surface area (Å²) in [5, 5.41) is 0. The van der Waals surface area contributed by atoms with Crippen LogP contribution in [-0.2, 0) is 0 Å². The van der Waals surface area contributed by atoms with Crippen molar-refractivity contribution in [2.45, 2.75) is 71.1 Å². The van der Waals surface area contributed by atoms with Crippen molar-refractivity contribution in [1.29, 1.82) is 0 Å². The Morgan fingerprint density at radius 2 is 1.52 bits per heavy atom. The summed E-state index contributed by atoms with van der Waals surface area (Å²) in [6.07, 6.45) is 2.32. The van der Waals surface area contributed by atoms with Gasteiger partial charge in [0, 0.05) is 43.3 Å². The SMILES string of the molecule is CC(C)N1CC[C@H](N)C1.CC(C)N1CC[C@](C)(N)C1.S.S. The van der Waals surface area contributed by atoms with Crippen LogP contribution in [0.25, 0.3) is 0 Å². The molecule has 0 bridgehead atoms. The topological polar surface area (TPSA) is 58.5 Å². The van der Waals surface area contributed by atoms with E-state index in [0.29, 0.717) is 18.1 Å². The van der Waals surface area contributed by atoms with Gasteiger partial charge in [-0.1, -0.05) is 0 Å². The molecule has 0 aromatic carbocycles. The zero-order chi connectivity index (χ0) is 14.6. The van der Waals surface area contributed by atoms with Gasteiger partial charge in [0.1, 0.15) is 0 Å². The molecule has 21 heavy (non-hydrogen) atoms. The second-order valence-corrected chi connectivity index (χ2v) is 7.11. The van der Waals surface area contributed by atoms with Gasteiger partial charge in [0.15, 0.2) is 0 Å². The van der Waals surface area contributed by atoms with Crippen molar-refractivity contribution in [2.75, 3.05) is 26.2 Å². The van der Waals surface area contributed by atoms with E-state index in [9.17, 15) is 0 Å². The second-order valence-electron chi connectivity index (χ2n) is 7.11. The van der Waals surface area contributed by atoms with E-state index in [1.54, 1.807) is 0 Å². The smallest absolute Gasteiger partial charge is 0.0267 e. The molecule has 2 heterocycles. The van der Waals surface area contributed by atoms with Gasteiger partial charge in [-0.25, -0.2) is 0 Å². The lowest BCUT2D eigenvalue weighted by molar-refractivity contribution is 0.260. The highest BCUT2D eigenvalue weighted by Crippen LogP contribution is 2.19. The number of nitrogens with zero attached hydrogens (tertiary/aromatic N) is 2. The van der Waals surface area contributed by atoms with Crippen LogP contribution in [0.2, 0.25) is 0 Å². The van der Waals surface area contributed by atoms with Gasteiger partial charge in [-0.05, 0) is 54.0 Å². The van der Waals surface area contributed by atoms with Crippen molar-refractivity contribution in [3.8, 4) is 0 Å². The van der Waals surface area contributed by atoms with E-state index in [-0.39, 0.29) is 32.5 Å². The van der Waals surface area contributed by atoms with E-state index in [4.69, 9.17) is 11.5 Å².